The number of rotatable bonds is 4. The van der Waals surface area contributed by atoms with Gasteiger partial charge < -0.3 is 20.0 Å². The molecule has 9 heavy (non-hydrogen) atoms. The smallest absolute Gasteiger partial charge is 0.0934 e. The van der Waals surface area contributed by atoms with Gasteiger partial charge in [-0.15, -0.1) is 0 Å². The second kappa shape index (κ2) is 2.80. The lowest BCUT2D eigenvalue weighted by Crippen LogP contribution is -2.36. The molecule has 0 aromatic carbocycles. The van der Waals surface area contributed by atoms with Crippen LogP contribution < -0.4 is 10.4 Å². The molecule has 0 radical (unpaired) electrons. The van der Waals surface area contributed by atoms with Crippen LogP contribution in [0.4, 0.5) is 0 Å². The molecule has 0 saturated carbocycles. The van der Waals surface area contributed by atoms with E-state index in [0.717, 1.165) is 6.61 Å². The van der Waals surface area contributed by atoms with Gasteiger partial charge in [0, 0.05) is 13.1 Å². The first-order valence-electron chi connectivity index (χ1n) is 2.81. The second-order valence-electron chi connectivity index (χ2n) is 1.96. The van der Waals surface area contributed by atoms with E-state index in [4.69, 9.17) is 4.74 Å². The molecule has 0 aromatic rings. The minimum absolute atomic E-state index is 0.0835. The lowest BCUT2D eigenvalue weighted by Gasteiger charge is -2.00. The summed E-state index contributed by atoms with van der Waals surface area (Å²) in [6.07, 6.45) is 0.240. The summed E-state index contributed by atoms with van der Waals surface area (Å²) in [5.74, 6) is -1.07. The molecule has 0 aromatic heterocycles. The topological polar surface area (TPSA) is 64.7 Å². The Hall–Kier alpha value is -0.610. The first-order chi connectivity index (χ1) is 4.29. The predicted molar refractivity (Wildman–Crippen MR) is 27.6 cm³/mol. The molecule has 1 atom stereocenters. The van der Waals surface area contributed by atoms with Gasteiger partial charge in [-0.3, -0.25) is 0 Å². The zero-order chi connectivity index (χ0) is 6.69. The SMILES string of the molecule is O=C([O-])CNCC1CO1. The molecule has 4 heteroatoms. The van der Waals surface area contributed by atoms with Gasteiger partial charge in [-0.05, 0) is 0 Å². The normalized spacial score (nSPS) is 23.8. The van der Waals surface area contributed by atoms with Crippen molar-refractivity contribution in [2.45, 2.75) is 6.10 Å². The van der Waals surface area contributed by atoms with E-state index in [2.05, 4.69) is 5.32 Å². The molecule has 1 rings (SSSR count). The third-order valence-electron chi connectivity index (χ3n) is 1.04. The molecule has 0 aliphatic carbocycles. The molecule has 52 valence electrons. The van der Waals surface area contributed by atoms with Crippen LogP contribution >= 0.6 is 0 Å². The number of carbonyl (C=O) groups excluding carboxylic acids is 1. The maximum atomic E-state index is 9.79. The number of nitrogens with one attached hydrogen (secondary N) is 1. The Balaban J connectivity index is 1.86. The van der Waals surface area contributed by atoms with Crippen molar-refractivity contribution in [3.63, 3.8) is 0 Å². The van der Waals surface area contributed by atoms with Crippen molar-refractivity contribution in [2.24, 2.45) is 0 Å². The minimum Gasteiger partial charge on any atom is -0.549 e. The molecular weight excluding hydrogens is 122 g/mol. The zero-order valence-corrected chi connectivity index (χ0v) is 4.92. The van der Waals surface area contributed by atoms with Crippen molar-refractivity contribution in [1.29, 1.82) is 0 Å². The summed E-state index contributed by atoms with van der Waals surface area (Å²) in [5.41, 5.74) is 0. The molecule has 1 fully saturated rings. The largest absolute Gasteiger partial charge is 0.549 e. The average Bonchev–Trinajstić information content (AvgIpc) is 2.48. The quantitative estimate of drug-likeness (QED) is 0.436. The molecule has 0 spiro atoms. The van der Waals surface area contributed by atoms with E-state index < -0.39 is 5.97 Å². The highest BCUT2D eigenvalue weighted by Crippen LogP contribution is 2.05. The van der Waals surface area contributed by atoms with E-state index in [-0.39, 0.29) is 12.6 Å². The molecule has 0 amide bonds. The van der Waals surface area contributed by atoms with Crippen molar-refractivity contribution >= 4 is 5.97 Å². The molecule has 0 bridgehead atoms. The van der Waals surface area contributed by atoms with Crippen molar-refractivity contribution in [3.8, 4) is 0 Å². The number of hydrogen-bond donors (Lipinski definition) is 1. The van der Waals surface area contributed by atoms with Gasteiger partial charge in [0.2, 0.25) is 0 Å². The fraction of sp³-hybridized carbons (Fsp3) is 0.800. The Morgan fingerprint density at radius 2 is 2.56 bits per heavy atom. The van der Waals surface area contributed by atoms with Crippen molar-refractivity contribution in [2.75, 3.05) is 19.7 Å². The summed E-state index contributed by atoms with van der Waals surface area (Å²) in [7, 11) is 0. The van der Waals surface area contributed by atoms with E-state index >= 15 is 0 Å². The maximum absolute atomic E-state index is 9.79. The Kier molecular flexibility index (Phi) is 2.02. The summed E-state index contributed by atoms with van der Waals surface area (Å²) in [6, 6.07) is 0. The van der Waals surface area contributed by atoms with E-state index in [1.807, 2.05) is 0 Å². The monoisotopic (exact) mass is 130 g/mol. The van der Waals surface area contributed by atoms with Gasteiger partial charge in [-0.2, -0.15) is 0 Å². The number of carbonyl (C=O) groups is 1. The highest BCUT2D eigenvalue weighted by Gasteiger charge is 2.20. The molecule has 1 heterocycles. The van der Waals surface area contributed by atoms with Crippen LogP contribution in [0, 0.1) is 0 Å². The van der Waals surface area contributed by atoms with Crippen molar-refractivity contribution in [1.82, 2.24) is 5.32 Å². The highest BCUT2D eigenvalue weighted by molar-refractivity contribution is 5.66. The Morgan fingerprint density at radius 3 is 3.00 bits per heavy atom. The van der Waals surface area contributed by atoms with Crippen LogP contribution in [0.5, 0.6) is 0 Å². The molecule has 1 saturated heterocycles. The molecular formula is C5H8NO3-. The minimum atomic E-state index is -1.07. The predicted octanol–water partition coefficient (Wildman–Crippen LogP) is -2.28. The van der Waals surface area contributed by atoms with Gasteiger partial charge in [0.25, 0.3) is 0 Å². The molecule has 1 aliphatic rings. The molecule has 4 nitrogen and oxygen atoms in total. The summed E-state index contributed by atoms with van der Waals surface area (Å²) in [6.45, 7) is 1.29. The van der Waals surface area contributed by atoms with Gasteiger partial charge >= 0.3 is 0 Å². The standard InChI is InChI=1S/C5H9NO3/c7-5(8)2-6-1-4-3-9-4/h4,6H,1-3H2,(H,7,8)/p-1. The van der Waals surface area contributed by atoms with Crippen LogP contribution in [-0.2, 0) is 9.53 Å². The first kappa shape index (κ1) is 6.51. The molecule has 1 N–H and O–H groups in total. The fourth-order valence-electron chi connectivity index (χ4n) is 0.521. The summed E-state index contributed by atoms with van der Waals surface area (Å²) in [4.78, 5) is 9.79. The number of aliphatic carboxylic acids is 1. The van der Waals surface area contributed by atoms with Gasteiger partial charge in [-0.25, -0.2) is 0 Å². The van der Waals surface area contributed by atoms with Crippen LogP contribution in [-0.4, -0.2) is 31.8 Å². The molecule has 1 aliphatic heterocycles. The van der Waals surface area contributed by atoms with Crippen molar-refractivity contribution in [3.05, 3.63) is 0 Å². The van der Waals surface area contributed by atoms with Crippen LogP contribution in [0.15, 0.2) is 0 Å². The van der Waals surface area contributed by atoms with Gasteiger partial charge in [0.05, 0.1) is 18.7 Å². The number of hydrogen-bond acceptors (Lipinski definition) is 4. The van der Waals surface area contributed by atoms with Crippen LogP contribution in [0.3, 0.4) is 0 Å². The third-order valence-corrected chi connectivity index (χ3v) is 1.04. The number of epoxide rings is 1. The summed E-state index contributed by atoms with van der Waals surface area (Å²) >= 11 is 0. The number of carboxylic acids is 1. The van der Waals surface area contributed by atoms with Crippen LogP contribution in [0.2, 0.25) is 0 Å². The Bertz CT molecular complexity index is 111. The van der Waals surface area contributed by atoms with E-state index in [9.17, 15) is 9.90 Å². The van der Waals surface area contributed by atoms with E-state index in [1.54, 1.807) is 0 Å². The lowest BCUT2D eigenvalue weighted by atomic mass is 10.5. The van der Waals surface area contributed by atoms with Crippen LogP contribution in [0.25, 0.3) is 0 Å². The second-order valence-corrected chi connectivity index (χ2v) is 1.96. The maximum Gasteiger partial charge on any atom is 0.0934 e. The van der Waals surface area contributed by atoms with Crippen molar-refractivity contribution < 1.29 is 14.6 Å². The summed E-state index contributed by atoms with van der Waals surface area (Å²) in [5, 5.41) is 12.4. The van der Waals surface area contributed by atoms with Gasteiger partial charge in [0.15, 0.2) is 0 Å². The highest BCUT2D eigenvalue weighted by atomic mass is 16.6. The number of carboxylic acid groups (broad SMARTS) is 1. The Labute approximate surface area is 52.8 Å². The van der Waals surface area contributed by atoms with Gasteiger partial charge in [-0.1, -0.05) is 0 Å². The fourth-order valence-corrected chi connectivity index (χ4v) is 0.521. The first-order valence-corrected chi connectivity index (χ1v) is 2.81. The van der Waals surface area contributed by atoms with Gasteiger partial charge in [0.1, 0.15) is 0 Å². The number of ether oxygens (including phenoxy) is 1. The van der Waals surface area contributed by atoms with E-state index in [1.165, 1.54) is 0 Å². The summed E-state index contributed by atoms with van der Waals surface area (Å²) < 4.78 is 4.81. The van der Waals surface area contributed by atoms with E-state index in [0.29, 0.717) is 6.54 Å². The average molecular weight is 130 g/mol. The van der Waals surface area contributed by atoms with Crippen LogP contribution in [0.1, 0.15) is 0 Å². The molecule has 1 unspecified atom stereocenters. The third kappa shape index (κ3) is 3.05. The Morgan fingerprint density at radius 1 is 1.89 bits per heavy atom. The lowest BCUT2D eigenvalue weighted by molar-refractivity contribution is -0.304. The zero-order valence-electron chi connectivity index (χ0n) is 4.92.